The molecule has 0 saturated carbocycles. The van der Waals surface area contributed by atoms with Crippen LogP contribution in [0.1, 0.15) is 34.1 Å². The summed E-state index contributed by atoms with van der Waals surface area (Å²) in [5.41, 5.74) is 0. The van der Waals surface area contributed by atoms with Crippen molar-refractivity contribution in [2.24, 2.45) is 0 Å². The monoisotopic (exact) mass is 229 g/mol. The Morgan fingerprint density at radius 2 is 1.69 bits per heavy atom. The van der Waals surface area contributed by atoms with Crippen LogP contribution in [0.3, 0.4) is 0 Å². The van der Waals surface area contributed by atoms with E-state index in [0.29, 0.717) is 12.1 Å². The van der Waals surface area contributed by atoms with Crippen LogP contribution in [-0.2, 0) is 0 Å². The van der Waals surface area contributed by atoms with Crippen LogP contribution in [0.25, 0.3) is 0 Å². The fourth-order valence-corrected chi connectivity index (χ4v) is 2.30. The van der Waals surface area contributed by atoms with Crippen LogP contribution < -0.4 is 5.32 Å². The molecule has 2 unspecified atom stereocenters. The molecular formula is C13H31N3. The summed E-state index contributed by atoms with van der Waals surface area (Å²) in [6.07, 6.45) is 1.21. The maximum absolute atomic E-state index is 3.50. The van der Waals surface area contributed by atoms with E-state index >= 15 is 0 Å². The first-order valence-electron chi connectivity index (χ1n) is 6.64. The number of hydrogen-bond donors (Lipinski definition) is 1. The minimum atomic E-state index is 0.617. The third-order valence-corrected chi connectivity index (χ3v) is 2.99. The molecule has 0 saturated heterocycles. The molecule has 0 amide bonds. The first-order valence-corrected chi connectivity index (χ1v) is 6.64. The Kier molecular flexibility index (Phi) is 8.90. The molecule has 0 rings (SSSR count). The molecule has 1 N–H and O–H groups in total. The highest BCUT2D eigenvalue weighted by molar-refractivity contribution is 4.75. The lowest BCUT2D eigenvalue weighted by atomic mass is 10.2. The van der Waals surface area contributed by atoms with Crippen molar-refractivity contribution in [2.45, 2.75) is 46.2 Å². The fraction of sp³-hybridized carbons (Fsp3) is 1.00. The summed E-state index contributed by atoms with van der Waals surface area (Å²) in [5, 5.41) is 3.50. The molecule has 0 spiro atoms. The summed E-state index contributed by atoms with van der Waals surface area (Å²) in [6, 6.07) is 1.24. The van der Waals surface area contributed by atoms with E-state index in [-0.39, 0.29) is 0 Å². The minimum absolute atomic E-state index is 0.617. The second-order valence-electron chi connectivity index (χ2n) is 4.99. The van der Waals surface area contributed by atoms with Crippen molar-refractivity contribution in [1.82, 2.24) is 15.1 Å². The van der Waals surface area contributed by atoms with Crippen molar-refractivity contribution in [1.29, 1.82) is 0 Å². The van der Waals surface area contributed by atoms with Crippen LogP contribution in [0.5, 0.6) is 0 Å². The third-order valence-electron chi connectivity index (χ3n) is 2.99. The number of likely N-dealkylation sites (N-methyl/N-ethyl adjacent to an activating group) is 2. The highest BCUT2D eigenvalue weighted by atomic mass is 15.2. The van der Waals surface area contributed by atoms with Gasteiger partial charge in [-0.25, -0.2) is 0 Å². The Bertz CT molecular complexity index is 159. The number of hydrogen-bond acceptors (Lipinski definition) is 3. The lowest BCUT2D eigenvalue weighted by Gasteiger charge is -2.35. The summed E-state index contributed by atoms with van der Waals surface area (Å²) in [4.78, 5) is 4.84. The van der Waals surface area contributed by atoms with E-state index in [0.717, 1.165) is 26.2 Å². The van der Waals surface area contributed by atoms with Gasteiger partial charge in [0.05, 0.1) is 0 Å². The summed E-state index contributed by atoms with van der Waals surface area (Å²) in [7, 11) is 4.29. The number of rotatable bonds is 9. The van der Waals surface area contributed by atoms with E-state index in [4.69, 9.17) is 0 Å². The lowest BCUT2D eigenvalue weighted by molar-refractivity contribution is 0.135. The fourth-order valence-electron chi connectivity index (χ4n) is 2.30. The van der Waals surface area contributed by atoms with E-state index < -0.39 is 0 Å². The predicted molar refractivity (Wildman–Crippen MR) is 73.0 cm³/mol. The minimum Gasteiger partial charge on any atom is -0.315 e. The summed E-state index contributed by atoms with van der Waals surface area (Å²) in [6.45, 7) is 13.6. The average molecular weight is 229 g/mol. The van der Waals surface area contributed by atoms with Gasteiger partial charge in [-0.15, -0.1) is 0 Å². The topological polar surface area (TPSA) is 18.5 Å². The molecule has 0 radical (unpaired) electrons. The van der Waals surface area contributed by atoms with Gasteiger partial charge in [-0.2, -0.15) is 0 Å². The molecule has 0 bridgehead atoms. The standard InChI is InChI=1S/C13H31N3/c1-7-9-14-10-12(3)16(8-2)13(4)11-15(5)6/h12-14H,7-11H2,1-6H3. The number of nitrogens with one attached hydrogen (secondary N) is 1. The van der Waals surface area contributed by atoms with Crippen LogP contribution in [0.15, 0.2) is 0 Å². The highest BCUT2D eigenvalue weighted by Gasteiger charge is 2.18. The summed E-state index contributed by atoms with van der Waals surface area (Å²) in [5.74, 6) is 0. The maximum Gasteiger partial charge on any atom is 0.0197 e. The van der Waals surface area contributed by atoms with Gasteiger partial charge < -0.3 is 10.2 Å². The van der Waals surface area contributed by atoms with Gasteiger partial charge in [0.1, 0.15) is 0 Å². The van der Waals surface area contributed by atoms with Crippen LogP contribution >= 0.6 is 0 Å². The zero-order chi connectivity index (χ0) is 12.6. The highest BCUT2D eigenvalue weighted by Crippen LogP contribution is 2.05. The Balaban J connectivity index is 4.03. The Morgan fingerprint density at radius 1 is 1.06 bits per heavy atom. The van der Waals surface area contributed by atoms with Crippen molar-refractivity contribution in [3.05, 3.63) is 0 Å². The second kappa shape index (κ2) is 8.97. The average Bonchev–Trinajstić information content (AvgIpc) is 2.18. The molecule has 0 aliphatic heterocycles. The third kappa shape index (κ3) is 6.46. The summed E-state index contributed by atoms with van der Waals surface area (Å²) >= 11 is 0. The largest absolute Gasteiger partial charge is 0.315 e. The zero-order valence-electron chi connectivity index (χ0n) is 12.1. The maximum atomic E-state index is 3.50. The van der Waals surface area contributed by atoms with E-state index in [2.05, 4.69) is 56.9 Å². The SMILES string of the molecule is CCCNCC(C)N(CC)C(C)CN(C)C. The van der Waals surface area contributed by atoms with Crippen molar-refractivity contribution < 1.29 is 0 Å². The quantitative estimate of drug-likeness (QED) is 0.607. The lowest BCUT2D eigenvalue weighted by Crippen LogP contribution is -2.48. The Morgan fingerprint density at radius 3 is 2.12 bits per heavy atom. The zero-order valence-corrected chi connectivity index (χ0v) is 12.1. The molecule has 3 heteroatoms. The first kappa shape index (κ1) is 15.9. The Labute approximate surface area is 102 Å². The molecule has 3 nitrogen and oxygen atoms in total. The Hall–Kier alpha value is -0.120. The normalized spacial score (nSPS) is 15.8. The molecule has 2 atom stereocenters. The molecule has 0 fully saturated rings. The predicted octanol–water partition coefficient (Wildman–Crippen LogP) is 1.65. The molecule has 0 aliphatic rings. The van der Waals surface area contributed by atoms with E-state index in [1.807, 2.05) is 0 Å². The van der Waals surface area contributed by atoms with Gasteiger partial charge >= 0.3 is 0 Å². The van der Waals surface area contributed by atoms with Gasteiger partial charge in [-0.05, 0) is 47.5 Å². The van der Waals surface area contributed by atoms with Gasteiger partial charge in [-0.1, -0.05) is 13.8 Å². The first-order chi connectivity index (χ1) is 7.52. The summed E-state index contributed by atoms with van der Waals surface area (Å²) < 4.78 is 0. The van der Waals surface area contributed by atoms with Crippen molar-refractivity contribution in [2.75, 3.05) is 40.3 Å². The van der Waals surface area contributed by atoms with Gasteiger partial charge in [0.15, 0.2) is 0 Å². The molecular weight excluding hydrogens is 198 g/mol. The molecule has 0 aromatic heterocycles. The van der Waals surface area contributed by atoms with Crippen molar-refractivity contribution >= 4 is 0 Å². The van der Waals surface area contributed by atoms with Gasteiger partial charge in [0, 0.05) is 25.2 Å². The molecule has 0 heterocycles. The van der Waals surface area contributed by atoms with Crippen LogP contribution in [0.2, 0.25) is 0 Å². The number of nitrogens with zero attached hydrogens (tertiary/aromatic N) is 2. The molecule has 0 aromatic carbocycles. The van der Waals surface area contributed by atoms with Crippen LogP contribution in [0.4, 0.5) is 0 Å². The molecule has 98 valence electrons. The van der Waals surface area contributed by atoms with Crippen LogP contribution in [-0.4, -0.2) is 62.2 Å². The molecule has 0 aliphatic carbocycles. The van der Waals surface area contributed by atoms with Gasteiger partial charge in [0.25, 0.3) is 0 Å². The van der Waals surface area contributed by atoms with Crippen LogP contribution in [0, 0.1) is 0 Å². The van der Waals surface area contributed by atoms with E-state index in [1.165, 1.54) is 6.42 Å². The van der Waals surface area contributed by atoms with Crippen molar-refractivity contribution in [3.8, 4) is 0 Å². The smallest absolute Gasteiger partial charge is 0.0197 e. The van der Waals surface area contributed by atoms with Gasteiger partial charge in [-0.3, -0.25) is 4.90 Å². The molecule has 0 aromatic rings. The van der Waals surface area contributed by atoms with Crippen molar-refractivity contribution in [3.63, 3.8) is 0 Å². The van der Waals surface area contributed by atoms with Gasteiger partial charge in [0.2, 0.25) is 0 Å². The van der Waals surface area contributed by atoms with E-state index in [1.54, 1.807) is 0 Å². The molecule has 16 heavy (non-hydrogen) atoms. The van der Waals surface area contributed by atoms with E-state index in [9.17, 15) is 0 Å². The second-order valence-corrected chi connectivity index (χ2v) is 4.99.